The van der Waals surface area contributed by atoms with Crippen LogP contribution in [0, 0.1) is 6.92 Å². The summed E-state index contributed by atoms with van der Waals surface area (Å²) in [6.07, 6.45) is 0. The third-order valence-corrected chi connectivity index (χ3v) is 6.08. The van der Waals surface area contributed by atoms with Crippen LogP contribution in [0.15, 0.2) is 63.8 Å². The highest BCUT2D eigenvalue weighted by Crippen LogP contribution is 2.41. The van der Waals surface area contributed by atoms with Crippen LogP contribution in [0.2, 0.25) is 0 Å². The van der Waals surface area contributed by atoms with Crippen molar-refractivity contribution in [3.05, 3.63) is 81.5 Å². The Morgan fingerprint density at radius 1 is 1.03 bits per heavy atom. The number of aromatic carboxylic acids is 1. The van der Waals surface area contributed by atoms with Gasteiger partial charge in [0, 0.05) is 28.1 Å². The maximum absolute atomic E-state index is 12.2. The Labute approximate surface area is 203 Å². The molecule has 0 atom stereocenters. The van der Waals surface area contributed by atoms with E-state index in [4.69, 9.17) is 16.6 Å². The summed E-state index contributed by atoms with van der Waals surface area (Å²) in [5, 5.41) is 14.0. The Balaban J connectivity index is 1.93. The van der Waals surface area contributed by atoms with E-state index in [1.54, 1.807) is 18.2 Å². The molecule has 0 saturated heterocycles. The zero-order valence-electron chi connectivity index (χ0n) is 19.6. The van der Waals surface area contributed by atoms with Gasteiger partial charge in [-0.05, 0) is 48.4 Å². The Kier molecular flexibility index (Phi) is 6.25. The van der Waals surface area contributed by atoms with E-state index in [1.165, 1.54) is 12.1 Å². The van der Waals surface area contributed by atoms with Crippen LogP contribution in [0.3, 0.4) is 0 Å². The number of carboxylic acid groups (broad SMARTS) is 1. The highest BCUT2D eigenvalue weighted by Gasteiger charge is 2.22. The van der Waals surface area contributed by atoms with E-state index >= 15 is 0 Å². The van der Waals surface area contributed by atoms with Gasteiger partial charge >= 0.3 is 5.97 Å². The molecule has 174 valence electrons. The second kappa shape index (κ2) is 9.00. The number of nitrogens with one attached hydrogen (secondary N) is 1. The summed E-state index contributed by atoms with van der Waals surface area (Å²) in [6, 6.07) is 15.5. The number of hydrogen-bond acceptors (Lipinski definition) is 4. The standard InChI is InChI=1S/C27H26N2O4S/c1-16-5-8-20-23(13-16)33-24-15-18(30)7-10-21(24)25(20)22-14-17(6-9-19(22)27(31)32)26(34)28-11-12-29(2,3)4/h5-10,13-15H,11-12H2,1-4H3,(H-,28,31,32,34)/p+1. The minimum Gasteiger partial charge on any atom is -0.478 e. The summed E-state index contributed by atoms with van der Waals surface area (Å²) in [4.78, 5) is 24.8. The molecule has 1 heterocycles. The molecule has 7 heteroatoms. The van der Waals surface area contributed by atoms with Gasteiger partial charge in [-0.1, -0.05) is 30.4 Å². The van der Waals surface area contributed by atoms with E-state index in [9.17, 15) is 14.7 Å². The molecule has 0 unspecified atom stereocenters. The minimum absolute atomic E-state index is 0.151. The quantitative estimate of drug-likeness (QED) is 0.242. The van der Waals surface area contributed by atoms with E-state index in [-0.39, 0.29) is 11.0 Å². The van der Waals surface area contributed by atoms with Gasteiger partial charge < -0.3 is 19.3 Å². The molecule has 4 rings (SSSR count). The van der Waals surface area contributed by atoms with Crippen molar-refractivity contribution in [3.63, 3.8) is 0 Å². The van der Waals surface area contributed by atoms with Crippen molar-refractivity contribution >= 4 is 34.1 Å². The topological polar surface area (TPSA) is 79.5 Å². The molecule has 2 aliphatic rings. The molecule has 2 aromatic rings. The third-order valence-electron chi connectivity index (χ3n) is 5.70. The van der Waals surface area contributed by atoms with Crippen LogP contribution < -0.4 is 10.7 Å². The monoisotopic (exact) mass is 475 g/mol. The Hall–Kier alpha value is -3.55. The minimum atomic E-state index is -1.04. The maximum Gasteiger partial charge on any atom is 0.336 e. The van der Waals surface area contributed by atoms with Crippen LogP contribution in [0.4, 0.5) is 0 Å². The molecule has 0 amide bonds. The summed E-state index contributed by atoms with van der Waals surface area (Å²) in [5.74, 6) is -0.633. The first kappa shape index (κ1) is 23.6. The van der Waals surface area contributed by atoms with Gasteiger partial charge in [-0.25, -0.2) is 4.79 Å². The first-order chi connectivity index (χ1) is 16.0. The van der Waals surface area contributed by atoms with Gasteiger partial charge in [0.15, 0.2) is 5.43 Å². The van der Waals surface area contributed by atoms with E-state index in [0.29, 0.717) is 39.6 Å². The summed E-state index contributed by atoms with van der Waals surface area (Å²) in [5.41, 5.74) is 4.17. The van der Waals surface area contributed by atoms with Gasteiger partial charge in [-0.2, -0.15) is 0 Å². The van der Waals surface area contributed by atoms with Crippen LogP contribution in [0.1, 0.15) is 21.5 Å². The van der Waals surface area contributed by atoms with E-state index in [2.05, 4.69) is 26.5 Å². The van der Waals surface area contributed by atoms with Gasteiger partial charge in [-0.15, -0.1) is 0 Å². The van der Waals surface area contributed by atoms with Gasteiger partial charge in [0.05, 0.1) is 39.8 Å². The van der Waals surface area contributed by atoms with Crippen LogP contribution in [-0.2, 0) is 0 Å². The highest BCUT2D eigenvalue weighted by atomic mass is 32.1. The number of aryl methyl sites for hydroxylation is 1. The fourth-order valence-electron chi connectivity index (χ4n) is 3.95. The molecule has 0 fully saturated rings. The summed E-state index contributed by atoms with van der Waals surface area (Å²) >= 11 is 5.63. The number of benzene rings is 3. The average molecular weight is 476 g/mol. The number of quaternary nitrogens is 1. The first-order valence-corrected chi connectivity index (χ1v) is 11.4. The number of nitrogens with zero attached hydrogens (tertiary/aromatic N) is 1. The number of likely N-dealkylation sites (N-methyl/N-ethyl adjacent to an activating group) is 1. The summed E-state index contributed by atoms with van der Waals surface area (Å²) < 4.78 is 6.84. The molecule has 1 aliphatic heterocycles. The second-order valence-corrected chi connectivity index (χ2v) is 9.88. The van der Waals surface area contributed by atoms with E-state index in [0.717, 1.165) is 27.5 Å². The van der Waals surface area contributed by atoms with Crippen LogP contribution >= 0.6 is 12.2 Å². The molecule has 0 spiro atoms. The fourth-order valence-corrected chi connectivity index (χ4v) is 4.18. The Morgan fingerprint density at radius 2 is 1.79 bits per heavy atom. The molecule has 0 bridgehead atoms. The lowest BCUT2D eigenvalue weighted by Crippen LogP contribution is -2.41. The summed E-state index contributed by atoms with van der Waals surface area (Å²) in [7, 11) is 6.32. The lowest BCUT2D eigenvalue weighted by molar-refractivity contribution is -0.869. The molecule has 6 nitrogen and oxygen atoms in total. The smallest absolute Gasteiger partial charge is 0.336 e. The molecule has 0 aromatic heterocycles. The van der Waals surface area contributed by atoms with Crippen LogP contribution in [0.25, 0.3) is 33.4 Å². The summed E-state index contributed by atoms with van der Waals surface area (Å²) in [6.45, 7) is 3.53. The molecule has 2 aromatic carbocycles. The molecule has 1 aliphatic carbocycles. The van der Waals surface area contributed by atoms with Gasteiger partial charge in [-0.3, -0.25) is 4.79 Å². The average Bonchev–Trinajstić information content (AvgIpc) is 2.75. The Bertz CT molecular complexity index is 1450. The number of thiocarbonyl (C=S) groups is 1. The van der Waals surface area contributed by atoms with Crippen molar-refractivity contribution < 1.29 is 18.8 Å². The Morgan fingerprint density at radius 3 is 2.50 bits per heavy atom. The maximum atomic E-state index is 12.2. The lowest BCUT2D eigenvalue weighted by atomic mass is 9.89. The third kappa shape index (κ3) is 4.85. The van der Waals surface area contributed by atoms with Crippen molar-refractivity contribution in [2.24, 2.45) is 0 Å². The largest absolute Gasteiger partial charge is 0.478 e. The van der Waals surface area contributed by atoms with Crippen molar-refractivity contribution in [3.8, 4) is 22.5 Å². The number of hydrogen-bond donors (Lipinski definition) is 2. The van der Waals surface area contributed by atoms with Crippen molar-refractivity contribution in [2.75, 3.05) is 34.2 Å². The molecular weight excluding hydrogens is 448 g/mol. The number of carbonyl (C=O) groups is 1. The number of fused-ring (bicyclic) bond motifs is 2. The normalized spacial score (nSPS) is 11.6. The second-order valence-electron chi connectivity index (χ2n) is 9.47. The van der Waals surface area contributed by atoms with Gasteiger partial charge in [0.25, 0.3) is 0 Å². The fraction of sp³-hybridized carbons (Fsp3) is 0.222. The molecule has 0 saturated carbocycles. The zero-order chi connectivity index (χ0) is 24.6. The molecule has 34 heavy (non-hydrogen) atoms. The van der Waals surface area contributed by atoms with Gasteiger partial charge in [0.2, 0.25) is 0 Å². The van der Waals surface area contributed by atoms with Crippen LogP contribution in [-0.4, -0.2) is 54.8 Å². The predicted molar refractivity (Wildman–Crippen MR) is 139 cm³/mol. The predicted octanol–water partition coefficient (Wildman–Crippen LogP) is 4.54. The zero-order valence-corrected chi connectivity index (χ0v) is 20.5. The first-order valence-electron chi connectivity index (χ1n) is 11.0. The van der Waals surface area contributed by atoms with E-state index < -0.39 is 5.97 Å². The number of rotatable bonds is 6. The van der Waals surface area contributed by atoms with Crippen molar-refractivity contribution in [2.45, 2.75) is 6.92 Å². The van der Waals surface area contributed by atoms with E-state index in [1.807, 2.05) is 31.2 Å². The lowest BCUT2D eigenvalue weighted by Gasteiger charge is -2.24. The van der Waals surface area contributed by atoms with Crippen molar-refractivity contribution in [1.29, 1.82) is 0 Å². The SMILES string of the molecule is Cc1ccc2c(-c3cc(C(=S)NCC[N+](C)(C)C)ccc3C(=O)O)c3ccc(=O)cc-3oc2c1. The molecular formula is C27H27N2O4S+. The van der Waals surface area contributed by atoms with Crippen LogP contribution in [0.5, 0.6) is 0 Å². The molecule has 0 radical (unpaired) electrons. The highest BCUT2D eigenvalue weighted by molar-refractivity contribution is 7.80. The van der Waals surface area contributed by atoms with Gasteiger partial charge in [0.1, 0.15) is 16.3 Å². The number of carboxylic acids is 1. The molecule has 2 N–H and O–H groups in total. The van der Waals surface area contributed by atoms with Crippen molar-refractivity contribution in [1.82, 2.24) is 5.32 Å².